The van der Waals surface area contributed by atoms with Crippen LogP contribution in [0.25, 0.3) is 11.0 Å². The molecule has 17 heavy (non-hydrogen) atoms. The van der Waals surface area contributed by atoms with Crippen LogP contribution in [0.15, 0.2) is 36.4 Å². The first kappa shape index (κ1) is 11.9. The second kappa shape index (κ2) is 4.72. The van der Waals surface area contributed by atoms with Gasteiger partial charge in [0.05, 0.1) is 17.6 Å². The Morgan fingerprint density at radius 1 is 1.35 bits per heavy atom. The molecule has 0 bridgehead atoms. The lowest BCUT2D eigenvalue weighted by molar-refractivity contribution is 0.383. The van der Waals surface area contributed by atoms with E-state index in [1.165, 1.54) is 5.52 Å². The highest BCUT2D eigenvalue weighted by molar-refractivity contribution is 5.76. The van der Waals surface area contributed by atoms with Gasteiger partial charge in [-0.2, -0.15) is 0 Å². The van der Waals surface area contributed by atoms with Crippen LogP contribution >= 0.6 is 0 Å². The van der Waals surface area contributed by atoms with E-state index in [9.17, 15) is 0 Å². The standard InChI is InChI=1S/C14H19N3/c1-11(2)9-17-13-8-6-5-7-12(13)15-14(17)10-16(3)4/h5-8H,1,9-10H2,2-4H3. The Hall–Kier alpha value is -1.61. The van der Waals surface area contributed by atoms with Crippen molar-refractivity contribution in [3.8, 4) is 0 Å². The fourth-order valence-corrected chi connectivity index (χ4v) is 1.98. The van der Waals surface area contributed by atoms with E-state index in [-0.39, 0.29) is 0 Å². The summed E-state index contributed by atoms with van der Waals surface area (Å²) >= 11 is 0. The van der Waals surface area contributed by atoms with E-state index in [0.29, 0.717) is 0 Å². The van der Waals surface area contributed by atoms with Crippen LogP contribution in [0, 0.1) is 0 Å². The quantitative estimate of drug-likeness (QED) is 0.752. The maximum absolute atomic E-state index is 4.69. The molecule has 3 nitrogen and oxygen atoms in total. The van der Waals surface area contributed by atoms with Crippen LogP contribution in [-0.2, 0) is 13.1 Å². The first-order valence-electron chi connectivity index (χ1n) is 5.81. The van der Waals surface area contributed by atoms with E-state index in [0.717, 1.165) is 30.0 Å². The molecule has 0 saturated heterocycles. The molecule has 0 radical (unpaired) electrons. The Morgan fingerprint density at radius 3 is 2.71 bits per heavy atom. The second-order valence-electron chi connectivity index (χ2n) is 4.80. The zero-order valence-corrected chi connectivity index (χ0v) is 10.8. The molecule has 0 amide bonds. The summed E-state index contributed by atoms with van der Waals surface area (Å²) in [5.41, 5.74) is 3.39. The molecule has 1 aromatic carbocycles. The normalized spacial score (nSPS) is 11.3. The highest BCUT2D eigenvalue weighted by atomic mass is 15.2. The van der Waals surface area contributed by atoms with Crippen molar-refractivity contribution in [3.05, 3.63) is 42.2 Å². The third-order valence-corrected chi connectivity index (χ3v) is 2.62. The summed E-state index contributed by atoms with van der Waals surface area (Å²) in [7, 11) is 4.12. The summed E-state index contributed by atoms with van der Waals surface area (Å²) < 4.78 is 2.25. The van der Waals surface area contributed by atoms with Gasteiger partial charge in [-0.1, -0.05) is 24.3 Å². The molecule has 0 aliphatic carbocycles. The van der Waals surface area contributed by atoms with Gasteiger partial charge >= 0.3 is 0 Å². The molecule has 1 heterocycles. The van der Waals surface area contributed by atoms with Crippen LogP contribution in [-0.4, -0.2) is 28.5 Å². The summed E-state index contributed by atoms with van der Waals surface area (Å²) in [6.07, 6.45) is 0. The number of nitrogens with zero attached hydrogens (tertiary/aromatic N) is 3. The number of benzene rings is 1. The molecule has 0 unspecified atom stereocenters. The fraction of sp³-hybridized carbons (Fsp3) is 0.357. The van der Waals surface area contributed by atoms with Gasteiger partial charge in [-0.25, -0.2) is 4.98 Å². The topological polar surface area (TPSA) is 21.1 Å². The molecule has 1 aromatic heterocycles. The highest BCUT2D eigenvalue weighted by Crippen LogP contribution is 2.18. The molecular weight excluding hydrogens is 210 g/mol. The Balaban J connectivity index is 2.52. The molecule has 3 heteroatoms. The Kier molecular flexibility index (Phi) is 3.29. The molecular formula is C14H19N3. The number of hydrogen-bond acceptors (Lipinski definition) is 2. The monoisotopic (exact) mass is 229 g/mol. The lowest BCUT2D eigenvalue weighted by Gasteiger charge is -2.12. The third-order valence-electron chi connectivity index (χ3n) is 2.62. The average Bonchev–Trinajstić information content (AvgIpc) is 2.55. The fourth-order valence-electron chi connectivity index (χ4n) is 1.98. The second-order valence-corrected chi connectivity index (χ2v) is 4.80. The number of imidazole rings is 1. The predicted octanol–water partition coefficient (Wildman–Crippen LogP) is 2.67. The Labute approximate surface area is 102 Å². The lowest BCUT2D eigenvalue weighted by Crippen LogP contribution is -2.15. The zero-order chi connectivity index (χ0) is 12.4. The van der Waals surface area contributed by atoms with Crippen LogP contribution in [0.3, 0.4) is 0 Å². The molecule has 2 rings (SSSR count). The minimum Gasteiger partial charge on any atom is -0.323 e. The van der Waals surface area contributed by atoms with E-state index in [4.69, 9.17) is 0 Å². The van der Waals surface area contributed by atoms with Crippen LogP contribution in [0.2, 0.25) is 0 Å². The minimum absolute atomic E-state index is 0.837. The maximum Gasteiger partial charge on any atom is 0.124 e. The van der Waals surface area contributed by atoms with E-state index in [1.807, 2.05) is 13.0 Å². The zero-order valence-electron chi connectivity index (χ0n) is 10.8. The van der Waals surface area contributed by atoms with Gasteiger partial charge in [0, 0.05) is 6.54 Å². The van der Waals surface area contributed by atoms with Gasteiger partial charge in [0.25, 0.3) is 0 Å². The van der Waals surface area contributed by atoms with Crippen molar-refractivity contribution >= 4 is 11.0 Å². The van der Waals surface area contributed by atoms with Gasteiger partial charge in [-0.3, -0.25) is 0 Å². The minimum atomic E-state index is 0.837. The van der Waals surface area contributed by atoms with Crippen LogP contribution in [0.5, 0.6) is 0 Å². The van der Waals surface area contributed by atoms with Crippen molar-refractivity contribution in [2.75, 3.05) is 14.1 Å². The third kappa shape index (κ3) is 2.56. The van der Waals surface area contributed by atoms with E-state index < -0.39 is 0 Å². The van der Waals surface area contributed by atoms with Crippen LogP contribution in [0.4, 0.5) is 0 Å². The predicted molar refractivity (Wildman–Crippen MR) is 71.9 cm³/mol. The summed E-state index contributed by atoms with van der Waals surface area (Å²) in [5, 5.41) is 0. The first-order chi connectivity index (χ1) is 8.08. The SMILES string of the molecule is C=C(C)Cn1c(CN(C)C)nc2ccccc21. The number of aromatic nitrogens is 2. The number of para-hydroxylation sites is 2. The molecule has 0 aliphatic rings. The molecule has 0 aliphatic heterocycles. The van der Waals surface area contributed by atoms with Crippen molar-refractivity contribution in [1.82, 2.24) is 14.5 Å². The van der Waals surface area contributed by atoms with Gasteiger partial charge in [0.2, 0.25) is 0 Å². The maximum atomic E-state index is 4.69. The summed E-state index contributed by atoms with van der Waals surface area (Å²) in [6, 6.07) is 8.26. The molecule has 0 atom stereocenters. The van der Waals surface area contributed by atoms with E-state index in [1.54, 1.807) is 0 Å². The van der Waals surface area contributed by atoms with E-state index in [2.05, 4.69) is 53.3 Å². The van der Waals surface area contributed by atoms with Crippen molar-refractivity contribution in [2.45, 2.75) is 20.0 Å². The lowest BCUT2D eigenvalue weighted by atomic mass is 10.3. The van der Waals surface area contributed by atoms with Gasteiger partial charge in [0.15, 0.2) is 0 Å². The van der Waals surface area contributed by atoms with Crippen molar-refractivity contribution in [2.24, 2.45) is 0 Å². The average molecular weight is 229 g/mol. The van der Waals surface area contributed by atoms with Gasteiger partial charge in [0.1, 0.15) is 5.82 Å². The molecule has 0 saturated carbocycles. The van der Waals surface area contributed by atoms with E-state index >= 15 is 0 Å². The summed E-state index contributed by atoms with van der Waals surface area (Å²) in [6.45, 7) is 7.73. The number of fused-ring (bicyclic) bond motifs is 1. The van der Waals surface area contributed by atoms with Gasteiger partial charge in [-0.15, -0.1) is 0 Å². The van der Waals surface area contributed by atoms with Gasteiger partial charge < -0.3 is 9.47 Å². The molecule has 0 N–H and O–H groups in total. The summed E-state index contributed by atoms with van der Waals surface area (Å²) in [4.78, 5) is 6.82. The molecule has 90 valence electrons. The number of allylic oxidation sites excluding steroid dienone is 1. The van der Waals surface area contributed by atoms with Crippen molar-refractivity contribution in [3.63, 3.8) is 0 Å². The highest BCUT2D eigenvalue weighted by Gasteiger charge is 2.10. The van der Waals surface area contributed by atoms with Crippen molar-refractivity contribution < 1.29 is 0 Å². The smallest absolute Gasteiger partial charge is 0.124 e. The molecule has 2 aromatic rings. The molecule has 0 spiro atoms. The van der Waals surface area contributed by atoms with Crippen molar-refractivity contribution in [1.29, 1.82) is 0 Å². The Morgan fingerprint density at radius 2 is 2.06 bits per heavy atom. The number of rotatable bonds is 4. The van der Waals surface area contributed by atoms with Gasteiger partial charge in [-0.05, 0) is 33.2 Å². The van der Waals surface area contributed by atoms with Crippen LogP contribution < -0.4 is 0 Å². The largest absolute Gasteiger partial charge is 0.323 e. The first-order valence-corrected chi connectivity index (χ1v) is 5.81. The number of hydrogen-bond donors (Lipinski definition) is 0. The summed E-state index contributed by atoms with van der Waals surface area (Å²) in [5.74, 6) is 1.10. The van der Waals surface area contributed by atoms with Crippen LogP contribution in [0.1, 0.15) is 12.7 Å². The molecule has 0 fully saturated rings. The Bertz CT molecular complexity index is 537.